The molecule has 5 rings (SSSR count). The van der Waals surface area contributed by atoms with Crippen LogP contribution in [0.15, 0.2) is 60.7 Å². The van der Waals surface area contributed by atoms with Gasteiger partial charge in [0, 0.05) is 51.5 Å². The molecule has 2 aliphatic heterocycles. The minimum atomic E-state index is -5.01. The standard InChI is InChI=1S/C34H37F7N4O2/c1-21-17-26(35)5-10-29(21)31-30(44-15-13-43(14-16-44)27-6-8-28(47-4)9-7-27)11-12-45(31)32(46)42(3)22(2)23-18-24(33(36,37)38)20-25(19-23)34(39,40)41/h5-10,17-20,22,30-31H,11-16H2,1-4H3/t22-,30?,31?/m0/s1. The lowest BCUT2D eigenvalue weighted by Gasteiger charge is -2.42. The zero-order valence-electron chi connectivity index (χ0n) is 26.5. The maximum atomic E-state index is 14.2. The first-order valence-electron chi connectivity index (χ1n) is 15.3. The number of hydrogen-bond acceptors (Lipinski definition) is 4. The second-order valence-corrected chi connectivity index (χ2v) is 12.1. The first kappa shape index (κ1) is 34.3. The molecular formula is C34H37F7N4O2. The van der Waals surface area contributed by atoms with Crippen molar-refractivity contribution in [1.29, 1.82) is 0 Å². The molecule has 2 fully saturated rings. The Morgan fingerprint density at radius 1 is 0.872 bits per heavy atom. The van der Waals surface area contributed by atoms with E-state index in [4.69, 9.17) is 4.74 Å². The number of urea groups is 1. The van der Waals surface area contributed by atoms with Gasteiger partial charge in [-0.2, -0.15) is 26.3 Å². The maximum Gasteiger partial charge on any atom is 0.416 e. The highest BCUT2D eigenvalue weighted by Crippen LogP contribution is 2.41. The van der Waals surface area contributed by atoms with Gasteiger partial charge in [0.05, 0.1) is 30.3 Å². The van der Waals surface area contributed by atoms with Gasteiger partial charge in [0.15, 0.2) is 0 Å². The van der Waals surface area contributed by atoms with Crippen molar-refractivity contribution in [3.8, 4) is 5.75 Å². The SMILES string of the molecule is COc1ccc(N2CCN(C3CCN(C(=O)N(C)[C@@H](C)c4cc(C(F)(F)F)cc(C(F)(F)F)c4)C3c3ccc(F)cc3C)CC2)cc1. The Balaban J connectivity index is 1.41. The molecule has 0 N–H and O–H groups in total. The average molecular weight is 667 g/mol. The Bertz CT molecular complexity index is 1540. The van der Waals surface area contributed by atoms with Gasteiger partial charge in [0.2, 0.25) is 0 Å². The van der Waals surface area contributed by atoms with E-state index in [9.17, 15) is 35.5 Å². The van der Waals surface area contributed by atoms with E-state index in [1.54, 1.807) is 25.0 Å². The van der Waals surface area contributed by atoms with Crippen molar-refractivity contribution in [1.82, 2.24) is 14.7 Å². The van der Waals surface area contributed by atoms with Crippen molar-refractivity contribution in [2.45, 2.75) is 50.7 Å². The number of methoxy groups -OCH3 is 1. The van der Waals surface area contributed by atoms with Crippen LogP contribution in [0.2, 0.25) is 0 Å². The van der Waals surface area contributed by atoms with Gasteiger partial charge in [-0.15, -0.1) is 0 Å². The van der Waals surface area contributed by atoms with E-state index in [1.807, 2.05) is 24.3 Å². The molecular weight excluding hydrogens is 629 g/mol. The number of rotatable bonds is 6. The Morgan fingerprint density at radius 3 is 2.00 bits per heavy atom. The third-order valence-electron chi connectivity index (χ3n) is 9.36. The highest BCUT2D eigenvalue weighted by Gasteiger charge is 2.44. The van der Waals surface area contributed by atoms with Gasteiger partial charge in [0.1, 0.15) is 11.6 Å². The number of piperazine rings is 1. The summed E-state index contributed by atoms with van der Waals surface area (Å²) in [4.78, 5) is 21.4. The minimum absolute atomic E-state index is 0.0742. The molecule has 6 nitrogen and oxygen atoms in total. The molecule has 2 amide bonds. The van der Waals surface area contributed by atoms with Crippen LogP contribution in [0.1, 0.15) is 53.2 Å². The zero-order chi connectivity index (χ0) is 34.3. The number of alkyl halides is 6. The number of carbonyl (C=O) groups excluding carboxylic acids is 1. The summed E-state index contributed by atoms with van der Waals surface area (Å²) in [5.74, 6) is 0.330. The normalized spacial score (nSPS) is 20.0. The van der Waals surface area contributed by atoms with Gasteiger partial charge in [-0.1, -0.05) is 6.07 Å². The Morgan fingerprint density at radius 2 is 1.47 bits per heavy atom. The van der Waals surface area contributed by atoms with Gasteiger partial charge < -0.3 is 19.4 Å². The third-order valence-corrected chi connectivity index (χ3v) is 9.36. The number of amides is 2. The number of halogens is 7. The summed E-state index contributed by atoms with van der Waals surface area (Å²) in [5, 5.41) is 0. The van der Waals surface area contributed by atoms with Gasteiger partial charge in [-0.25, -0.2) is 9.18 Å². The molecule has 0 saturated carbocycles. The number of likely N-dealkylation sites (tertiary alicyclic amines) is 1. The summed E-state index contributed by atoms with van der Waals surface area (Å²) < 4.78 is 101. The largest absolute Gasteiger partial charge is 0.497 e. The van der Waals surface area contributed by atoms with E-state index in [-0.39, 0.29) is 17.7 Å². The zero-order valence-corrected chi connectivity index (χ0v) is 26.5. The van der Waals surface area contributed by atoms with E-state index in [0.717, 1.165) is 30.1 Å². The van der Waals surface area contributed by atoms with Crippen LogP contribution in [0.25, 0.3) is 0 Å². The molecule has 2 heterocycles. The van der Waals surface area contributed by atoms with Gasteiger partial charge in [-0.3, -0.25) is 4.90 Å². The fourth-order valence-electron chi connectivity index (χ4n) is 6.64. The molecule has 3 aromatic carbocycles. The van der Waals surface area contributed by atoms with Crippen LogP contribution in [0.5, 0.6) is 5.75 Å². The lowest BCUT2D eigenvalue weighted by Crippen LogP contribution is -2.52. The second kappa shape index (κ2) is 13.2. The van der Waals surface area contributed by atoms with Crippen molar-refractivity contribution < 1.29 is 40.3 Å². The summed E-state index contributed by atoms with van der Waals surface area (Å²) in [6, 6.07) is 11.2. The summed E-state index contributed by atoms with van der Waals surface area (Å²) in [6.07, 6.45) is -9.44. The second-order valence-electron chi connectivity index (χ2n) is 12.1. The molecule has 0 aliphatic carbocycles. The topological polar surface area (TPSA) is 39.3 Å². The Labute approximate surface area is 269 Å². The summed E-state index contributed by atoms with van der Waals surface area (Å²) in [7, 11) is 2.98. The van der Waals surface area contributed by atoms with Gasteiger partial charge >= 0.3 is 18.4 Å². The number of nitrogens with zero attached hydrogens (tertiary/aromatic N) is 4. The van der Waals surface area contributed by atoms with E-state index >= 15 is 0 Å². The summed E-state index contributed by atoms with van der Waals surface area (Å²) >= 11 is 0. The van der Waals surface area contributed by atoms with Crippen LogP contribution in [0, 0.1) is 12.7 Å². The van der Waals surface area contributed by atoms with Crippen LogP contribution in [0.4, 0.5) is 41.2 Å². The van der Waals surface area contributed by atoms with E-state index in [0.29, 0.717) is 43.8 Å². The fraction of sp³-hybridized carbons (Fsp3) is 0.441. The number of hydrogen-bond donors (Lipinski definition) is 0. The quantitative estimate of drug-likeness (QED) is 0.251. The summed E-state index contributed by atoms with van der Waals surface area (Å²) in [5.41, 5.74) is -0.740. The molecule has 3 aromatic rings. The number of ether oxygens (including phenoxy) is 1. The number of benzene rings is 3. The van der Waals surface area contributed by atoms with Gasteiger partial charge in [0.25, 0.3) is 0 Å². The molecule has 2 aliphatic rings. The molecule has 0 bridgehead atoms. The van der Waals surface area contributed by atoms with Crippen molar-refractivity contribution in [3.63, 3.8) is 0 Å². The van der Waals surface area contributed by atoms with Crippen molar-refractivity contribution >= 4 is 11.7 Å². The van der Waals surface area contributed by atoms with Crippen molar-refractivity contribution in [2.24, 2.45) is 0 Å². The monoisotopic (exact) mass is 666 g/mol. The first-order valence-corrected chi connectivity index (χ1v) is 15.3. The molecule has 3 atom stereocenters. The van der Waals surface area contributed by atoms with E-state index < -0.39 is 47.4 Å². The maximum absolute atomic E-state index is 14.2. The molecule has 0 radical (unpaired) electrons. The first-order chi connectivity index (χ1) is 22.1. The smallest absolute Gasteiger partial charge is 0.416 e. The predicted octanol–water partition coefficient (Wildman–Crippen LogP) is 7.93. The minimum Gasteiger partial charge on any atom is -0.497 e. The molecule has 13 heteroatoms. The molecule has 2 unspecified atom stereocenters. The molecule has 0 aromatic heterocycles. The molecule has 47 heavy (non-hydrogen) atoms. The van der Waals surface area contributed by atoms with Crippen LogP contribution in [0.3, 0.4) is 0 Å². The van der Waals surface area contributed by atoms with Crippen LogP contribution >= 0.6 is 0 Å². The molecule has 254 valence electrons. The highest BCUT2D eigenvalue weighted by molar-refractivity contribution is 5.76. The fourth-order valence-corrected chi connectivity index (χ4v) is 6.64. The average Bonchev–Trinajstić information content (AvgIpc) is 3.47. The van der Waals surface area contributed by atoms with E-state index in [1.165, 1.54) is 31.0 Å². The molecule has 0 spiro atoms. The summed E-state index contributed by atoms with van der Waals surface area (Å²) in [6.45, 7) is 6.28. The number of anilines is 1. The van der Waals surface area contributed by atoms with E-state index in [2.05, 4.69) is 9.80 Å². The van der Waals surface area contributed by atoms with Crippen LogP contribution < -0.4 is 9.64 Å². The highest BCUT2D eigenvalue weighted by atomic mass is 19.4. The van der Waals surface area contributed by atoms with Gasteiger partial charge in [-0.05, 0) is 91.6 Å². The lowest BCUT2D eigenvalue weighted by atomic mass is 9.94. The molecule has 2 saturated heterocycles. The predicted molar refractivity (Wildman–Crippen MR) is 164 cm³/mol. The third kappa shape index (κ3) is 7.29. The van der Waals surface area contributed by atoms with Crippen molar-refractivity contribution in [3.05, 3.63) is 94.3 Å². The Kier molecular flexibility index (Phi) is 9.68. The van der Waals surface area contributed by atoms with Crippen molar-refractivity contribution in [2.75, 3.05) is 51.8 Å². The number of aryl methyl sites for hydroxylation is 1. The Hall–Kier alpha value is -4.00. The van der Waals surface area contributed by atoms with Crippen LogP contribution in [-0.2, 0) is 12.4 Å². The lowest BCUT2D eigenvalue weighted by molar-refractivity contribution is -0.143. The number of carbonyl (C=O) groups is 1. The van der Waals surface area contributed by atoms with Crippen LogP contribution in [-0.4, -0.2) is 73.7 Å².